The molecule has 2 aromatic heterocycles. The summed E-state index contributed by atoms with van der Waals surface area (Å²) < 4.78 is 5.49. The van der Waals surface area contributed by atoms with Gasteiger partial charge in [-0.25, -0.2) is 9.61 Å². The number of hydrogen-bond donors (Lipinski definition) is 2. The Morgan fingerprint density at radius 3 is 2.61 bits per heavy atom. The van der Waals surface area contributed by atoms with E-state index in [1.807, 2.05) is 0 Å². The summed E-state index contributed by atoms with van der Waals surface area (Å²) >= 11 is 9.28. The van der Waals surface area contributed by atoms with Crippen molar-refractivity contribution in [1.82, 2.24) is 20.3 Å². The Balaban J connectivity index is 1.64. The van der Waals surface area contributed by atoms with E-state index in [9.17, 15) is 5.11 Å². The van der Waals surface area contributed by atoms with Crippen LogP contribution < -0.4 is 5.32 Å². The molecule has 2 aromatic carbocycles. The van der Waals surface area contributed by atoms with Crippen LogP contribution in [-0.4, -0.2) is 25.4 Å². The molecular formula is C17H11BrClN7O2. The first-order valence-corrected chi connectivity index (χ1v) is 9.13. The Labute approximate surface area is 171 Å². The van der Waals surface area contributed by atoms with E-state index in [2.05, 4.69) is 56.4 Å². The molecule has 0 fully saturated rings. The lowest BCUT2D eigenvalue weighted by Crippen LogP contribution is -1.96. The van der Waals surface area contributed by atoms with Gasteiger partial charge in [-0.05, 0) is 52.8 Å². The maximum atomic E-state index is 9.91. The number of rotatable bonds is 5. The topological polar surface area (TPSA) is 122 Å². The maximum absolute atomic E-state index is 9.91. The Hall–Kier alpha value is -3.11. The third-order valence-corrected chi connectivity index (χ3v) is 4.40. The molecule has 4 rings (SSSR count). The first-order valence-electron chi connectivity index (χ1n) is 7.96. The second-order valence-electron chi connectivity index (χ2n) is 5.61. The number of fused-ring (bicyclic) bond motifs is 1. The Morgan fingerprint density at radius 1 is 1.07 bits per heavy atom. The zero-order valence-corrected chi connectivity index (χ0v) is 16.4. The van der Waals surface area contributed by atoms with Crippen LogP contribution in [0.2, 0.25) is 5.02 Å². The SMILES string of the molecule is Oc1ccc(Br)cc1CN=Nc1nc2nonc2nc1Nc1ccc(Cl)cc1. The quantitative estimate of drug-likeness (QED) is 0.394. The minimum Gasteiger partial charge on any atom is -0.508 e. The number of hydrogen-bond acceptors (Lipinski definition) is 9. The number of azo groups is 1. The average Bonchev–Trinajstić information content (AvgIpc) is 3.13. The predicted molar refractivity (Wildman–Crippen MR) is 106 cm³/mol. The molecule has 4 aromatic rings. The summed E-state index contributed by atoms with van der Waals surface area (Å²) in [7, 11) is 0. The summed E-state index contributed by atoms with van der Waals surface area (Å²) in [5, 5.41) is 29.3. The Bertz CT molecular complexity index is 1160. The van der Waals surface area contributed by atoms with Crippen LogP contribution >= 0.6 is 27.5 Å². The summed E-state index contributed by atoms with van der Waals surface area (Å²) in [5.74, 6) is 0.657. The molecule has 0 saturated carbocycles. The highest BCUT2D eigenvalue weighted by Crippen LogP contribution is 2.28. The lowest BCUT2D eigenvalue weighted by atomic mass is 10.2. The molecule has 0 radical (unpaired) electrons. The molecule has 0 atom stereocenters. The summed E-state index contributed by atoms with van der Waals surface area (Å²) in [6.07, 6.45) is 0. The van der Waals surface area contributed by atoms with Gasteiger partial charge in [-0.3, -0.25) is 0 Å². The van der Waals surface area contributed by atoms with Gasteiger partial charge in [0.15, 0.2) is 5.82 Å². The van der Waals surface area contributed by atoms with Crippen LogP contribution in [0, 0.1) is 0 Å². The van der Waals surface area contributed by atoms with Crippen LogP contribution in [-0.2, 0) is 6.54 Å². The molecule has 0 aliphatic rings. The maximum Gasteiger partial charge on any atom is 0.245 e. The average molecular weight is 461 g/mol. The molecule has 0 aliphatic carbocycles. The van der Waals surface area contributed by atoms with Crippen LogP contribution in [0.15, 0.2) is 61.8 Å². The molecule has 9 nitrogen and oxygen atoms in total. The van der Waals surface area contributed by atoms with E-state index in [-0.39, 0.29) is 29.4 Å². The summed E-state index contributed by atoms with van der Waals surface area (Å²) in [5.41, 5.74) is 1.79. The molecular weight excluding hydrogens is 450 g/mol. The third-order valence-electron chi connectivity index (χ3n) is 3.65. The number of nitrogens with one attached hydrogen (secondary N) is 1. The lowest BCUT2D eigenvalue weighted by Gasteiger charge is -2.07. The first-order chi connectivity index (χ1) is 13.6. The highest BCUT2D eigenvalue weighted by molar-refractivity contribution is 9.10. The van der Waals surface area contributed by atoms with Crippen molar-refractivity contribution in [2.45, 2.75) is 6.54 Å². The molecule has 0 unspecified atom stereocenters. The van der Waals surface area contributed by atoms with Gasteiger partial charge in [0.05, 0.1) is 6.54 Å². The molecule has 0 saturated heterocycles. The second kappa shape index (κ2) is 7.87. The number of aromatic hydroxyl groups is 1. The zero-order valence-electron chi connectivity index (χ0n) is 14.0. The summed E-state index contributed by atoms with van der Waals surface area (Å²) in [6.45, 7) is 0.155. The van der Waals surface area contributed by atoms with E-state index >= 15 is 0 Å². The molecule has 0 amide bonds. The number of anilines is 2. The molecule has 0 bridgehead atoms. The van der Waals surface area contributed by atoms with E-state index < -0.39 is 0 Å². The Kier molecular flexibility index (Phi) is 5.13. The number of phenolic OH excluding ortho intramolecular Hbond substituents is 1. The number of phenols is 1. The van der Waals surface area contributed by atoms with Crippen molar-refractivity contribution >= 4 is 56.1 Å². The number of halogens is 2. The molecule has 0 aliphatic heterocycles. The van der Waals surface area contributed by atoms with Crippen LogP contribution in [0.5, 0.6) is 5.75 Å². The monoisotopic (exact) mass is 459 g/mol. The van der Waals surface area contributed by atoms with Gasteiger partial charge in [-0.1, -0.05) is 27.5 Å². The number of aromatic nitrogens is 4. The molecule has 2 N–H and O–H groups in total. The van der Waals surface area contributed by atoms with Crippen molar-refractivity contribution in [2.75, 3.05) is 5.32 Å². The summed E-state index contributed by atoms with van der Waals surface area (Å²) in [4.78, 5) is 8.60. The number of nitrogens with zero attached hydrogens (tertiary/aromatic N) is 6. The van der Waals surface area contributed by atoms with Crippen molar-refractivity contribution in [3.05, 3.63) is 57.5 Å². The van der Waals surface area contributed by atoms with Gasteiger partial charge in [0.25, 0.3) is 0 Å². The highest BCUT2D eigenvalue weighted by atomic mass is 79.9. The fourth-order valence-electron chi connectivity index (χ4n) is 2.31. The van der Waals surface area contributed by atoms with Crippen LogP contribution in [0.1, 0.15) is 5.56 Å². The van der Waals surface area contributed by atoms with Crippen molar-refractivity contribution < 1.29 is 9.74 Å². The molecule has 28 heavy (non-hydrogen) atoms. The minimum absolute atomic E-state index is 0.129. The molecule has 11 heteroatoms. The predicted octanol–water partition coefficient (Wildman–Crippen LogP) is 5.16. The van der Waals surface area contributed by atoms with Gasteiger partial charge in [-0.15, -0.1) is 5.11 Å². The van der Waals surface area contributed by atoms with Crippen molar-refractivity contribution in [3.63, 3.8) is 0 Å². The smallest absolute Gasteiger partial charge is 0.245 e. The van der Waals surface area contributed by atoms with Gasteiger partial charge in [0, 0.05) is 20.7 Å². The molecule has 2 heterocycles. The van der Waals surface area contributed by atoms with Crippen LogP contribution in [0.4, 0.5) is 17.3 Å². The van der Waals surface area contributed by atoms with E-state index in [4.69, 9.17) is 11.6 Å². The van der Waals surface area contributed by atoms with Gasteiger partial charge in [-0.2, -0.15) is 10.1 Å². The van der Waals surface area contributed by atoms with Gasteiger partial charge < -0.3 is 10.4 Å². The normalized spacial score (nSPS) is 11.4. The van der Waals surface area contributed by atoms with E-state index in [0.29, 0.717) is 16.4 Å². The van der Waals surface area contributed by atoms with Gasteiger partial charge in [0.2, 0.25) is 17.1 Å². The zero-order chi connectivity index (χ0) is 19.5. The van der Waals surface area contributed by atoms with E-state index in [0.717, 1.165) is 10.2 Å². The first kappa shape index (κ1) is 18.3. The standard InChI is InChI=1S/C17H11BrClN7O2/c18-10-1-6-13(27)9(7-10)8-20-24-15-14(21-12-4-2-11(19)3-5-12)22-16-17(23-15)26-28-25-16/h1-7,27H,8H2,(H,21,22,25). The summed E-state index contributed by atoms with van der Waals surface area (Å²) in [6, 6.07) is 12.1. The largest absolute Gasteiger partial charge is 0.508 e. The lowest BCUT2D eigenvalue weighted by molar-refractivity contribution is 0.314. The Morgan fingerprint density at radius 2 is 1.82 bits per heavy atom. The third kappa shape index (κ3) is 4.07. The molecule has 140 valence electrons. The van der Waals surface area contributed by atoms with Gasteiger partial charge in [0.1, 0.15) is 5.75 Å². The van der Waals surface area contributed by atoms with Gasteiger partial charge >= 0.3 is 0 Å². The van der Waals surface area contributed by atoms with Crippen molar-refractivity contribution in [3.8, 4) is 5.75 Å². The highest BCUT2D eigenvalue weighted by Gasteiger charge is 2.13. The fraction of sp³-hybridized carbons (Fsp3) is 0.0588. The van der Waals surface area contributed by atoms with Crippen molar-refractivity contribution in [2.24, 2.45) is 10.2 Å². The second-order valence-corrected chi connectivity index (χ2v) is 6.96. The minimum atomic E-state index is 0.129. The van der Waals surface area contributed by atoms with Crippen molar-refractivity contribution in [1.29, 1.82) is 0 Å². The van der Waals surface area contributed by atoms with E-state index in [1.165, 1.54) is 0 Å². The van der Waals surface area contributed by atoms with Crippen LogP contribution in [0.3, 0.4) is 0 Å². The van der Waals surface area contributed by atoms with E-state index in [1.54, 1.807) is 42.5 Å². The molecule has 0 spiro atoms. The fourth-order valence-corrected chi connectivity index (χ4v) is 2.85. The number of benzene rings is 2. The van der Waals surface area contributed by atoms with Crippen LogP contribution in [0.25, 0.3) is 11.3 Å².